The number of aryl methyl sites for hydroxylation is 1. The van der Waals surface area contributed by atoms with Crippen molar-refractivity contribution in [2.24, 2.45) is 5.92 Å². The zero-order valence-corrected chi connectivity index (χ0v) is 18.8. The minimum atomic E-state index is -0.491. The number of halogens is 2. The molecular weight excluding hydrogens is 442 g/mol. The molecule has 2 aromatic carbocycles. The van der Waals surface area contributed by atoms with Gasteiger partial charge < -0.3 is 14.6 Å². The van der Waals surface area contributed by atoms with Crippen molar-refractivity contribution in [3.05, 3.63) is 65.5 Å². The maximum atomic E-state index is 14.4. The van der Waals surface area contributed by atoms with Crippen molar-refractivity contribution < 1.29 is 18.0 Å². The zero-order valence-electron chi connectivity index (χ0n) is 18.8. The molecule has 4 aromatic rings. The average molecular weight is 466 g/mol. The van der Waals surface area contributed by atoms with Crippen LogP contribution in [0.15, 0.2) is 47.1 Å². The molecule has 2 unspecified atom stereocenters. The van der Waals surface area contributed by atoms with Gasteiger partial charge in [0, 0.05) is 19.2 Å². The Morgan fingerprint density at radius 2 is 1.97 bits per heavy atom. The molecule has 0 saturated carbocycles. The second-order valence-electron chi connectivity index (χ2n) is 8.63. The average Bonchev–Trinajstić information content (AvgIpc) is 3.46. The molecule has 1 aliphatic heterocycles. The smallest absolute Gasteiger partial charge is 0.295 e. The summed E-state index contributed by atoms with van der Waals surface area (Å²) in [5.74, 6) is -0.978. The number of carbonyl (C=O) groups is 1. The predicted octanol–water partition coefficient (Wildman–Crippen LogP) is 4.35. The summed E-state index contributed by atoms with van der Waals surface area (Å²) in [5.41, 5.74) is 2.13. The number of hydrogen-bond acceptors (Lipinski definition) is 6. The zero-order chi connectivity index (χ0) is 23.8. The molecule has 1 aliphatic rings. The van der Waals surface area contributed by atoms with Crippen molar-refractivity contribution in [1.82, 2.24) is 24.9 Å². The molecule has 34 heavy (non-hydrogen) atoms. The molecule has 176 valence electrons. The summed E-state index contributed by atoms with van der Waals surface area (Å²) in [6.45, 7) is 4.73. The number of anilines is 1. The van der Waals surface area contributed by atoms with Crippen LogP contribution in [0.4, 0.5) is 14.8 Å². The number of nitrogens with one attached hydrogen (secondary N) is 1. The highest BCUT2D eigenvalue weighted by atomic mass is 19.1. The topological polar surface area (TPSA) is 89.1 Å². The molecule has 0 radical (unpaired) electrons. The van der Waals surface area contributed by atoms with Gasteiger partial charge in [0.1, 0.15) is 22.8 Å². The van der Waals surface area contributed by atoms with Crippen LogP contribution in [0, 0.1) is 24.5 Å². The lowest BCUT2D eigenvalue weighted by Crippen LogP contribution is -2.51. The van der Waals surface area contributed by atoms with E-state index in [1.165, 1.54) is 47.5 Å². The lowest BCUT2D eigenvalue weighted by molar-refractivity contribution is 0.0538. The van der Waals surface area contributed by atoms with E-state index in [2.05, 4.69) is 27.4 Å². The molecule has 0 aliphatic carbocycles. The Morgan fingerprint density at radius 1 is 1.18 bits per heavy atom. The number of aromatic nitrogens is 4. The van der Waals surface area contributed by atoms with E-state index >= 15 is 0 Å². The summed E-state index contributed by atoms with van der Waals surface area (Å²) >= 11 is 0. The molecule has 2 atom stereocenters. The Bertz CT molecular complexity index is 1340. The van der Waals surface area contributed by atoms with Crippen LogP contribution in [0.5, 0.6) is 0 Å². The van der Waals surface area contributed by atoms with E-state index in [1.807, 2.05) is 0 Å². The number of piperidine rings is 1. The number of amides is 1. The summed E-state index contributed by atoms with van der Waals surface area (Å²) in [5, 5.41) is 11.5. The van der Waals surface area contributed by atoms with E-state index in [9.17, 15) is 13.6 Å². The molecule has 8 nitrogen and oxygen atoms in total. The van der Waals surface area contributed by atoms with Gasteiger partial charge in [0.05, 0.1) is 24.0 Å². The Balaban J connectivity index is 1.43. The minimum Gasteiger partial charge on any atom is -0.424 e. The maximum absolute atomic E-state index is 14.4. The van der Waals surface area contributed by atoms with Crippen LogP contribution < -0.4 is 5.32 Å². The first-order valence-corrected chi connectivity index (χ1v) is 11.2. The Hall–Kier alpha value is -3.82. The summed E-state index contributed by atoms with van der Waals surface area (Å²) in [7, 11) is 0. The van der Waals surface area contributed by atoms with E-state index in [0.29, 0.717) is 35.4 Å². The third kappa shape index (κ3) is 4.11. The van der Waals surface area contributed by atoms with Crippen molar-refractivity contribution in [1.29, 1.82) is 0 Å². The van der Waals surface area contributed by atoms with Crippen LogP contribution in [0.2, 0.25) is 0 Å². The molecule has 10 heteroatoms. The van der Waals surface area contributed by atoms with Gasteiger partial charge in [-0.1, -0.05) is 6.92 Å². The fraction of sp³-hybridized carbons (Fsp3) is 0.333. The highest BCUT2D eigenvalue weighted by Crippen LogP contribution is 2.29. The van der Waals surface area contributed by atoms with Crippen molar-refractivity contribution >= 4 is 23.0 Å². The van der Waals surface area contributed by atoms with Crippen molar-refractivity contribution in [2.75, 3.05) is 18.4 Å². The molecule has 2 aromatic heterocycles. The van der Waals surface area contributed by atoms with Crippen molar-refractivity contribution in [3.8, 4) is 5.69 Å². The second kappa shape index (κ2) is 8.85. The third-order valence-electron chi connectivity index (χ3n) is 6.30. The Kier molecular flexibility index (Phi) is 5.72. The quantitative estimate of drug-likeness (QED) is 0.471. The van der Waals surface area contributed by atoms with E-state index in [1.54, 1.807) is 11.8 Å². The lowest BCUT2D eigenvalue weighted by Gasteiger charge is -2.40. The minimum absolute atomic E-state index is 0.185. The predicted molar refractivity (Wildman–Crippen MR) is 122 cm³/mol. The molecule has 1 amide bonds. The molecule has 0 spiro atoms. The number of carbonyl (C=O) groups excluding carboxylic acids is 1. The summed E-state index contributed by atoms with van der Waals surface area (Å²) in [6, 6.07) is 6.83. The summed E-state index contributed by atoms with van der Waals surface area (Å²) in [4.78, 5) is 21.2. The molecular formula is C24H24F2N6O2. The molecule has 5 rings (SSSR count). The van der Waals surface area contributed by atoms with E-state index in [-0.39, 0.29) is 29.4 Å². The van der Waals surface area contributed by atoms with Gasteiger partial charge in [-0.05, 0) is 55.5 Å². The van der Waals surface area contributed by atoms with Crippen LogP contribution >= 0.6 is 0 Å². The van der Waals surface area contributed by atoms with E-state index < -0.39 is 11.6 Å². The van der Waals surface area contributed by atoms with Gasteiger partial charge in [-0.3, -0.25) is 4.79 Å². The van der Waals surface area contributed by atoms with Gasteiger partial charge in [0.25, 0.3) is 11.9 Å². The molecule has 1 saturated heterocycles. The van der Waals surface area contributed by atoms with Crippen LogP contribution in [-0.4, -0.2) is 49.9 Å². The van der Waals surface area contributed by atoms with Crippen LogP contribution in [0.25, 0.3) is 16.8 Å². The van der Waals surface area contributed by atoms with Crippen LogP contribution in [0.1, 0.15) is 35.7 Å². The van der Waals surface area contributed by atoms with Gasteiger partial charge in [-0.2, -0.15) is 20.0 Å². The second-order valence-corrected chi connectivity index (χ2v) is 8.63. The van der Waals surface area contributed by atoms with Crippen LogP contribution in [0.3, 0.4) is 0 Å². The largest absolute Gasteiger partial charge is 0.424 e. The molecule has 1 fully saturated rings. The van der Waals surface area contributed by atoms with Gasteiger partial charge >= 0.3 is 0 Å². The third-order valence-corrected chi connectivity index (χ3v) is 6.30. The van der Waals surface area contributed by atoms with Crippen LogP contribution in [-0.2, 0) is 0 Å². The van der Waals surface area contributed by atoms with Gasteiger partial charge in [0.2, 0.25) is 0 Å². The normalized spacial score (nSPS) is 18.4. The number of oxazole rings is 1. The highest BCUT2D eigenvalue weighted by Gasteiger charge is 2.34. The maximum Gasteiger partial charge on any atom is 0.295 e. The first-order chi connectivity index (χ1) is 16.4. The number of rotatable bonds is 5. The first kappa shape index (κ1) is 22.0. The summed E-state index contributed by atoms with van der Waals surface area (Å²) in [6.07, 6.45) is 4.82. The first-order valence-electron chi connectivity index (χ1n) is 11.2. The van der Waals surface area contributed by atoms with Gasteiger partial charge in [-0.15, -0.1) is 0 Å². The van der Waals surface area contributed by atoms with Crippen molar-refractivity contribution in [2.45, 2.75) is 32.7 Å². The number of benzene rings is 2. The Morgan fingerprint density at radius 3 is 2.76 bits per heavy atom. The van der Waals surface area contributed by atoms with Gasteiger partial charge in [0.15, 0.2) is 5.58 Å². The lowest BCUT2D eigenvalue weighted by atomic mass is 9.89. The number of fused-ring (bicyclic) bond motifs is 1. The molecule has 0 bridgehead atoms. The number of hydrogen-bond donors (Lipinski definition) is 1. The van der Waals surface area contributed by atoms with E-state index in [4.69, 9.17) is 4.42 Å². The summed E-state index contributed by atoms with van der Waals surface area (Å²) < 4.78 is 33.5. The number of likely N-dealkylation sites (tertiary alicyclic amines) is 1. The van der Waals surface area contributed by atoms with Gasteiger partial charge in [-0.25, -0.2) is 8.78 Å². The highest BCUT2D eigenvalue weighted by molar-refractivity contribution is 5.98. The monoisotopic (exact) mass is 466 g/mol. The molecule has 3 heterocycles. The van der Waals surface area contributed by atoms with E-state index in [0.717, 1.165) is 12.8 Å². The SMILES string of the molecule is Cc1cc(F)cc(C(=O)N2CCCC(C)C2CNc2nc3cc(F)ccc3o2)c1-n1nccn1. The number of nitrogens with zero attached hydrogens (tertiary/aromatic N) is 5. The standard InChI is InChI=1S/C24H24F2N6O2/c1-14-4-3-9-31(20(14)13-27-24-30-19-12-16(25)5-6-21(19)34-24)23(33)18-11-17(26)10-15(2)22(18)32-28-7-8-29-32/h5-8,10-12,14,20H,3-4,9,13H2,1-2H3,(H,27,30). The molecule has 1 N–H and O–H groups in total. The fourth-order valence-electron chi connectivity index (χ4n) is 4.63. The van der Waals surface area contributed by atoms with Crippen molar-refractivity contribution in [3.63, 3.8) is 0 Å². The Labute approximate surface area is 194 Å². The fourth-order valence-corrected chi connectivity index (χ4v) is 4.63.